The summed E-state index contributed by atoms with van der Waals surface area (Å²) in [5.41, 5.74) is 4.11. The largest absolute Gasteiger partial charge is 0.376 e. The van der Waals surface area contributed by atoms with Crippen molar-refractivity contribution in [3.05, 3.63) is 40.0 Å². The number of ether oxygens (including phenoxy) is 2. The van der Waals surface area contributed by atoms with Gasteiger partial charge in [0.1, 0.15) is 5.15 Å². The minimum Gasteiger partial charge on any atom is -0.376 e. The first-order chi connectivity index (χ1) is 14.5. The molecule has 1 aromatic heterocycles. The zero-order valence-corrected chi connectivity index (χ0v) is 18.7. The van der Waals surface area contributed by atoms with Crippen LogP contribution in [0.3, 0.4) is 0 Å². The average Bonchev–Trinajstić information content (AvgIpc) is 2.75. The zero-order valence-electron chi connectivity index (χ0n) is 18.0. The van der Waals surface area contributed by atoms with Crippen molar-refractivity contribution < 1.29 is 14.3 Å². The molecule has 2 aromatic rings. The summed E-state index contributed by atoms with van der Waals surface area (Å²) in [5, 5.41) is 1.53. The Kier molecular flexibility index (Phi) is 6.91. The number of pyridine rings is 1. The Morgan fingerprint density at radius 3 is 2.70 bits per heavy atom. The summed E-state index contributed by atoms with van der Waals surface area (Å²) in [6, 6.07) is 6.33. The van der Waals surface area contributed by atoms with Gasteiger partial charge in [0, 0.05) is 30.0 Å². The summed E-state index contributed by atoms with van der Waals surface area (Å²) >= 11 is 6.59. The molecule has 0 spiro atoms. The Balaban J connectivity index is 1.61. The van der Waals surface area contributed by atoms with Crippen LogP contribution >= 0.6 is 11.6 Å². The maximum Gasteiger partial charge on any atom is 0.226 e. The quantitative estimate of drug-likeness (QED) is 0.637. The van der Waals surface area contributed by atoms with E-state index in [-0.39, 0.29) is 17.9 Å². The third-order valence-corrected chi connectivity index (χ3v) is 6.54. The molecule has 2 aliphatic rings. The number of benzene rings is 1. The first-order valence-electron chi connectivity index (χ1n) is 11.1. The van der Waals surface area contributed by atoms with E-state index in [9.17, 15) is 4.79 Å². The van der Waals surface area contributed by atoms with E-state index in [2.05, 4.69) is 37.0 Å². The monoisotopic (exact) mass is 430 g/mol. The molecule has 1 aliphatic carbocycles. The Bertz CT molecular complexity index is 905. The standard InChI is InChI=1S/C24H31ClN2O3/c1-16-10-17(2)22-19(11-16)12-20(23(25)26-22)13-27(14-21-15-29-8-9-30-21)24(28)18-6-4-3-5-7-18/h10-12,18,21H,3-9,13-15H2,1-2H3. The van der Waals surface area contributed by atoms with Crippen molar-refractivity contribution in [2.24, 2.45) is 5.92 Å². The molecule has 162 valence electrons. The van der Waals surface area contributed by atoms with Crippen LogP contribution < -0.4 is 0 Å². The number of nitrogens with zero attached hydrogens (tertiary/aromatic N) is 2. The van der Waals surface area contributed by atoms with E-state index in [0.717, 1.165) is 47.7 Å². The van der Waals surface area contributed by atoms with Crippen LogP contribution in [0.5, 0.6) is 0 Å². The molecule has 1 aromatic carbocycles. The minimum absolute atomic E-state index is 0.0945. The lowest BCUT2D eigenvalue weighted by Gasteiger charge is -2.33. The Morgan fingerprint density at radius 2 is 1.97 bits per heavy atom. The maximum atomic E-state index is 13.4. The van der Waals surface area contributed by atoms with Gasteiger partial charge in [-0.2, -0.15) is 0 Å². The summed E-state index contributed by atoms with van der Waals surface area (Å²) in [5.74, 6) is 0.306. The fourth-order valence-electron chi connectivity index (χ4n) is 4.72. The van der Waals surface area contributed by atoms with Gasteiger partial charge in [-0.1, -0.05) is 42.5 Å². The SMILES string of the molecule is Cc1cc(C)c2nc(Cl)c(CN(CC3COCCO3)C(=O)C3CCCCC3)cc2c1. The van der Waals surface area contributed by atoms with Gasteiger partial charge in [0.15, 0.2) is 0 Å². The molecule has 2 fully saturated rings. The average molecular weight is 431 g/mol. The molecule has 0 N–H and O–H groups in total. The third kappa shape index (κ3) is 4.96. The number of carbonyl (C=O) groups is 1. The maximum absolute atomic E-state index is 13.4. The molecule has 1 saturated carbocycles. The van der Waals surface area contributed by atoms with E-state index in [0.29, 0.717) is 38.1 Å². The third-order valence-electron chi connectivity index (χ3n) is 6.22. The van der Waals surface area contributed by atoms with E-state index < -0.39 is 0 Å². The number of aryl methyl sites for hydroxylation is 2. The van der Waals surface area contributed by atoms with Gasteiger partial charge < -0.3 is 14.4 Å². The van der Waals surface area contributed by atoms with Crippen LogP contribution in [-0.2, 0) is 20.8 Å². The number of fused-ring (bicyclic) bond motifs is 1. The molecule has 1 aliphatic heterocycles. The predicted molar refractivity (Wildman–Crippen MR) is 119 cm³/mol. The number of rotatable bonds is 5. The van der Waals surface area contributed by atoms with Crippen molar-refractivity contribution in [3.63, 3.8) is 0 Å². The smallest absolute Gasteiger partial charge is 0.226 e. The van der Waals surface area contributed by atoms with E-state index in [1.165, 1.54) is 12.0 Å². The molecule has 30 heavy (non-hydrogen) atoms. The van der Waals surface area contributed by atoms with Gasteiger partial charge in [-0.25, -0.2) is 4.98 Å². The van der Waals surface area contributed by atoms with Gasteiger partial charge in [-0.05, 0) is 44.4 Å². The second-order valence-corrected chi connectivity index (χ2v) is 9.07. The molecule has 6 heteroatoms. The highest BCUT2D eigenvalue weighted by Crippen LogP contribution is 2.29. The Hall–Kier alpha value is -1.69. The lowest BCUT2D eigenvalue weighted by Crippen LogP contribution is -2.45. The Labute approximate surface area is 183 Å². The minimum atomic E-state index is -0.0945. The van der Waals surface area contributed by atoms with Gasteiger partial charge >= 0.3 is 0 Å². The second kappa shape index (κ2) is 9.63. The molecule has 0 bridgehead atoms. The molecule has 5 nitrogen and oxygen atoms in total. The van der Waals surface area contributed by atoms with E-state index in [1.807, 2.05) is 4.90 Å². The topological polar surface area (TPSA) is 51.7 Å². The van der Waals surface area contributed by atoms with Crippen LogP contribution in [0.25, 0.3) is 10.9 Å². The Morgan fingerprint density at radius 1 is 1.17 bits per heavy atom. The highest BCUT2D eigenvalue weighted by Gasteiger charge is 2.29. The van der Waals surface area contributed by atoms with Crippen LogP contribution in [0, 0.1) is 19.8 Å². The number of carbonyl (C=O) groups excluding carboxylic acids is 1. The summed E-state index contributed by atoms with van der Waals surface area (Å²) in [7, 11) is 0. The fourth-order valence-corrected chi connectivity index (χ4v) is 4.92. The molecule has 1 saturated heterocycles. The first kappa shape index (κ1) is 21.5. The summed E-state index contributed by atoms with van der Waals surface area (Å²) in [4.78, 5) is 20.0. The summed E-state index contributed by atoms with van der Waals surface area (Å²) in [6.45, 7) is 6.83. The van der Waals surface area contributed by atoms with Crippen LogP contribution in [-0.4, -0.2) is 48.3 Å². The summed E-state index contributed by atoms with van der Waals surface area (Å²) in [6.07, 6.45) is 5.33. The van der Waals surface area contributed by atoms with Crippen molar-refractivity contribution in [1.29, 1.82) is 0 Å². The van der Waals surface area contributed by atoms with Gasteiger partial charge in [0.05, 0.1) is 31.4 Å². The lowest BCUT2D eigenvalue weighted by atomic mass is 9.88. The van der Waals surface area contributed by atoms with Gasteiger partial charge in [-0.15, -0.1) is 0 Å². The fraction of sp³-hybridized carbons (Fsp3) is 0.583. The van der Waals surface area contributed by atoms with E-state index in [1.54, 1.807) is 0 Å². The van der Waals surface area contributed by atoms with Gasteiger partial charge in [0.2, 0.25) is 5.91 Å². The van der Waals surface area contributed by atoms with E-state index >= 15 is 0 Å². The molecule has 0 radical (unpaired) electrons. The van der Waals surface area contributed by atoms with Gasteiger partial charge in [0.25, 0.3) is 0 Å². The highest BCUT2D eigenvalue weighted by molar-refractivity contribution is 6.30. The van der Waals surface area contributed by atoms with Crippen LogP contribution in [0.2, 0.25) is 5.15 Å². The first-order valence-corrected chi connectivity index (χ1v) is 11.4. The van der Waals surface area contributed by atoms with Crippen molar-refractivity contribution in [2.45, 2.75) is 58.6 Å². The number of hydrogen-bond acceptors (Lipinski definition) is 4. The molecule has 1 unspecified atom stereocenters. The van der Waals surface area contributed by atoms with Crippen molar-refractivity contribution in [2.75, 3.05) is 26.4 Å². The predicted octanol–water partition coefficient (Wildman–Crippen LogP) is 4.83. The van der Waals surface area contributed by atoms with Crippen molar-refractivity contribution >= 4 is 28.4 Å². The molecule has 1 amide bonds. The van der Waals surface area contributed by atoms with E-state index in [4.69, 9.17) is 21.1 Å². The number of halogens is 1. The van der Waals surface area contributed by atoms with Crippen LogP contribution in [0.1, 0.15) is 48.8 Å². The van der Waals surface area contributed by atoms with Crippen LogP contribution in [0.4, 0.5) is 0 Å². The molecular formula is C24H31ClN2O3. The second-order valence-electron chi connectivity index (χ2n) is 8.71. The van der Waals surface area contributed by atoms with Crippen LogP contribution in [0.15, 0.2) is 18.2 Å². The highest BCUT2D eigenvalue weighted by atomic mass is 35.5. The molecule has 1 atom stereocenters. The molecule has 2 heterocycles. The molecular weight excluding hydrogens is 400 g/mol. The van der Waals surface area contributed by atoms with Crippen molar-refractivity contribution in [1.82, 2.24) is 9.88 Å². The number of hydrogen-bond donors (Lipinski definition) is 0. The van der Waals surface area contributed by atoms with Gasteiger partial charge in [-0.3, -0.25) is 4.79 Å². The number of amides is 1. The molecule has 4 rings (SSSR count). The lowest BCUT2D eigenvalue weighted by molar-refractivity contribution is -0.144. The van der Waals surface area contributed by atoms with Crippen molar-refractivity contribution in [3.8, 4) is 0 Å². The number of aromatic nitrogens is 1. The zero-order chi connectivity index (χ0) is 21.1. The summed E-state index contributed by atoms with van der Waals surface area (Å²) < 4.78 is 11.4. The normalized spacial score (nSPS) is 20.4.